The Labute approximate surface area is 200 Å². The zero-order valence-electron chi connectivity index (χ0n) is 18.8. The van der Waals surface area contributed by atoms with E-state index in [1.165, 1.54) is 41.5 Å². The van der Waals surface area contributed by atoms with Gasteiger partial charge in [-0.1, -0.05) is 43.5 Å². The number of hydrogen-bond acceptors (Lipinski definition) is 6. The molecule has 0 aliphatic heterocycles. The molecule has 0 amide bonds. The second-order valence-electron chi connectivity index (χ2n) is 8.01. The maximum absolute atomic E-state index is 13.2. The van der Waals surface area contributed by atoms with Crippen molar-refractivity contribution >= 4 is 27.5 Å². The summed E-state index contributed by atoms with van der Waals surface area (Å²) in [7, 11) is -3.71. The minimum atomic E-state index is -3.71. The fourth-order valence-electron chi connectivity index (χ4n) is 4.23. The van der Waals surface area contributed by atoms with Crippen molar-refractivity contribution in [1.82, 2.24) is 19.7 Å². The van der Waals surface area contributed by atoms with Gasteiger partial charge in [-0.15, -0.1) is 16.8 Å². The van der Waals surface area contributed by atoms with Gasteiger partial charge in [-0.2, -0.15) is 0 Å². The van der Waals surface area contributed by atoms with Gasteiger partial charge in [0.2, 0.25) is 0 Å². The molecule has 1 aromatic carbocycles. The van der Waals surface area contributed by atoms with Gasteiger partial charge >= 0.3 is 0 Å². The summed E-state index contributed by atoms with van der Waals surface area (Å²) >= 11 is 1.39. The molecule has 174 valence electrons. The van der Waals surface area contributed by atoms with E-state index in [2.05, 4.69) is 26.3 Å². The molecule has 9 heteroatoms. The number of hydrogen-bond donors (Lipinski definition) is 0. The van der Waals surface area contributed by atoms with Gasteiger partial charge in [-0.05, 0) is 55.8 Å². The third-order valence-corrected chi connectivity index (χ3v) is 8.67. The molecule has 33 heavy (non-hydrogen) atoms. The molecule has 0 unspecified atom stereocenters. The lowest BCUT2D eigenvalue weighted by Crippen LogP contribution is -2.30. The van der Waals surface area contributed by atoms with Crippen LogP contribution in [0, 0.1) is 0 Å². The number of para-hydroxylation sites is 1. The first-order valence-corrected chi connectivity index (χ1v) is 13.6. The topological polar surface area (TPSA) is 81.0 Å². The van der Waals surface area contributed by atoms with Crippen LogP contribution >= 0.6 is 11.8 Å². The Morgan fingerprint density at radius 1 is 1.12 bits per heavy atom. The Morgan fingerprint density at radius 3 is 2.52 bits per heavy atom. The van der Waals surface area contributed by atoms with Crippen molar-refractivity contribution in [3.05, 3.63) is 67.1 Å². The summed E-state index contributed by atoms with van der Waals surface area (Å²) in [6.07, 6.45) is 9.28. The van der Waals surface area contributed by atoms with Crippen molar-refractivity contribution in [2.24, 2.45) is 0 Å². The lowest BCUT2D eigenvalue weighted by Gasteiger charge is -2.22. The average Bonchev–Trinajstić information content (AvgIpc) is 3.23. The summed E-state index contributed by atoms with van der Waals surface area (Å²) in [6, 6.07) is 12.4. The second kappa shape index (κ2) is 10.5. The monoisotopic (exact) mass is 483 g/mol. The van der Waals surface area contributed by atoms with E-state index in [0.29, 0.717) is 29.7 Å². The van der Waals surface area contributed by atoms with Crippen molar-refractivity contribution in [2.75, 3.05) is 10.8 Å². The van der Waals surface area contributed by atoms with E-state index < -0.39 is 10.0 Å². The van der Waals surface area contributed by atoms with Gasteiger partial charge in [0.15, 0.2) is 5.16 Å². The number of nitrogens with zero attached hydrogens (tertiary/aromatic N) is 5. The summed E-state index contributed by atoms with van der Waals surface area (Å²) in [5, 5.41) is 10.3. The van der Waals surface area contributed by atoms with E-state index in [1.807, 2.05) is 31.2 Å². The van der Waals surface area contributed by atoms with E-state index in [1.54, 1.807) is 24.3 Å². The minimum absolute atomic E-state index is 0.160. The molecule has 0 atom stereocenters. The Balaban J connectivity index is 1.55. The predicted octanol–water partition coefficient (Wildman–Crippen LogP) is 5.27. The van der Waals surface area contributed by atoms with Crippen LogP contribution in [0.5, 0.6) is 0 Å². The van der Waals surface area contributed by atoms with Crippen LogP contribution in [0.2, 0.25) is 0 Å². The van der Waals surface area contributed by atoms with E-state index in [4.69, 9.17) is 0 Å². The number of benzene rings is 1. The lowest BCUT2D eigenvalue weighted by atomic mass is 9.89. The van der Waals surface area contributed by atoms with Crippen LogP contribution in [0.4, 0.5) is 5.69 Å². The van der Waals surface area contributed by atoms with Crippen LogP contribution in [-0.2, 0) is 16.6 Å². The van der Waals surface area contributed by atoms with Crippen LogP contribution in [0.15, 0.2) is 76.4 Å². The zero-order valence-corrected chi connectivity index (χ0v) is 20.4. The lowest BCUT2D eigenvalue weighted by molar-refractivity contribution is 0.415. The molecule has 0 radical (unpaired) electrons. The molecule has 1 fully saturated rings. The number of sulfonamides is 1. The van der Waals surface area contributed by atoms with Crippen molar-refractivity contribution in [3.8, 4) is 0 Å². The number of pyridine rings is 1. The van der Waals surface area contributed by atoms with Gasteiger partial charge in [0.1, 0.15) is 15.7 Å². The molecule has 0 N–H and O–H groups in total. The Bertz CT molecular complexity index is 1170. The Morgan fingerprint density at radius 2 is 1.88 bits per heavy atom. The van der Waals surface area contributed by atoms with Gasteiger partial charge in [-0.25, -0.2) is 13.4 Å². The highest BCUT2D eigenvalue weighted by Gasteiger charge is 2.25. The molecule has 4 rings (SSSR count). The summed E-state index contributed by atoms with van der Waals surface area (Å²) in [5.41, 5.74) is 0.631. The highest BCUT2D eigenvalue weighted by molar-refractivity contribution is 7.99. The number of rotatable bonds is 9. The van der Waals surface area contributed by atoms with Crippen molar-refractivity contribution < 1.29 is 8.42 Å². The fraction of sp³-hybridized carbons (Fsp3) is 0.375. The van der Waals surface area contributed by atoms with Crippen LogP contribution in [0.25, 0.3) is 0 Å². The van der Waals surface area contributed by atoms with Crippen molar-refractivity contribution in [3.63, 3.8) is 0 Å². The van der Waals surface area contributed by atoms with Crippen molar-refractivity contribution in [1.29, 1.82) is 0 Å². The van der Waals surface area contributed by atoms with Crippen molar-refractivity contribution in [2.45, 2.75) is 66.6 Å². The van der Waals surface area contributed by atoms with E-state index in [-0.39, 0.29) is 4.90 Å². The minimum Gasteiger partial charge on any atom is -0.302 e. The molecule has 2 heterocycles. The van der Waals surface area contributed by atoms with E-state index in [0.717, 1.165) is 23.8 Å². The molecular formula is C24H29N5O2S2. The highest BCUT2D eigenvalue weighted by atomic mass is 32.2. The zero-order chi connectivity index (χ0) is 23.3. The van der Waals surface area contributed by atoms with Crippen LogP contribution in [-0.4, -0.2) is 34.7 Å². The molecule has 7 nitrogen and oxygen atoms in total. The summed E-state index contributed by atoms with van der Waals surface area (Å²) in [5.74, 6) is 1.44. The second-order valence-corrected chi connectivity index (χ2v) is 10.9. The van der Waals surface area contributed by atoms with Crippen LogP contribution < -0.4 is 4.31 Å². The first-order valence-electron chi connectivity index (χ1n) is 11.3. The number of allylic oxidation sites excluding steroid dienone is 1. The molecular weight excluding hydrogens is 454 g/mol. The van der Waals surface area contributed by atoms with E-state index in [9.17, 15) is 8.42 Å². The fourth-order valence-corrected chi connectivity index (χ4v) is 6.43. The van der Waals surface area contributed by atoms with Gasteiger partial charge in [0, 0.05) is 25.2 Å². The SMILES string of the molecule is C=CCn1c(Sc2ccc(S(=O)(=O)N(CC)c3ccccc3)cn2)nnc1C1CCCCC1. The maximum Gasteiger partial charge on any atom is 0.265 e. The van der Waals surface area contributed by atoms with Crippen LogP contribution in [0.1, 0.15) is 50.8 Å². The van der Waals surface area contributed by atoms with Gasteiger partial charge in [-0.3, -0.25) is 4.31 Å². The van der Waals surface area contributed by atoms with E-state index >= 15 is 0 Å². The van der Waals surface area contributed by atoms with Gasteiger partial charge in [0.25, 0.3) is 10.0 Å². The third-order valence-electron chi connectivity index (χ3n) is 5.85. The molecule has 2 aromatic heterocycles. The highest BCUT2D eigenvalue weighted by Crippen LogP contribution is 2.34. The first kappa shape index (κ1) is 23.5. The van der Waals surface area contributed by atoms with Gasteiger partial charge < -0.3 is 4.57 Å². The standard InChI is InChI=1S/C24H29N5O2S2/c1-3-17-28-23(19-11-7-5-8-12-19)26-27-24(28)32-22-16-15-21(18-25-22)33(30,31)29(4-2)20-13-9-6-10-14-20/h3,6,9-10,13-16,18-19H,1,4-5,7-8,11-12,17H2,2H3. The summed E-state index contributed by atoms with van der Waals surface area (Å²) in [4.78, 5) is 4.58. The number of aromatic nitrogens is 4. The largest absolute Gasteiger partial charge is 0.302 e. The molecule has 0 bridgehead atoms. The molecule has 1 saturated carbocycles. The average molecular weight is 484 g/mol. The first-order chi connectivity index (χ1) is 16.0. The Hall–Kier alpha value is -2.65. The molecule has 3 aromatic rings. The molecule has 1 aliphatic carbocycles. The van der Waals surface area contributed by atoms with Gasteiger partial charge in [0.05, 0.1) is 5.69 Å². The molecule has 0 saturated heterocycles. The normalized spacial score (nSPS) is 14.8. The smallest absolute Gasteiger partial charge is 0.265 e. The van der Waals surface area contributed by atoms with Crippen LogP contribution in [0.3, 0.4) is 0 Å². The quantitative estimate of drug-likeness (QED) is 0.386. The summed E-state index contributed by atoms with van der Waals surface area (Å²) < 4.78 is 29.9. The molecule has 1 aliphatic rings. The summed E-state index contributed by atoms with van der Waals surface area (Å²) in [6.45, 7) is 6.67. The maximum atomic E-state index is 13.2. The number of anilines is 1. The molecule has 0 spiro atoms. The Kier molecular flexibility index (Phi) is 7.49. The third kappa shape index (κ3) is 5.14. The predicted molar refractivity (Wildman–Crippen MR) is 131 cm³/mol.